The van der Waals surface area contributed by atoms with Crippen LogP contribution in [0.2, 0.25) is 0 Å². The second-order valence-electron chi connectivity index (χ2n) is 4.65. The van der Waals surface area contributed by atoms with E-state index in [0.717, 1.165) is 31.4 Å². The van der Waals surface area contributed by atoms with Gasteiger partial charge in [-0.1, -0.05) is 18.2 Å². The standard InChI is InChI=1S/C14H19NO3/c1-18-13-9-7-12(8-10-13)15(14(16)17)11-5-3-2-4-6-11/h2-6,12-13H,7-10H2,1H3,(H,16,17). The smallest absolute Gasteiger partial charge is 0.412 e. The Bertz CT molecular complexity index is 385. The largest absolute Gasteiger partial charge is 0.465 e. The average Bonchev–Trinajstić information content (AvgIpc) is 2.40. The van der Waals surface area contributed by atoms with Crippen LogP contribution in [-0.2, 0) is 4.74 Å². The van der Waals surface area contributed by atoms with Gasteiger partial charge in [-0.25, -0.2) is 4.79 Å². The van der Waals surface area contributed by atoms with E-state index in [4.69, 9.17) is 4.74 Å². The van der Waals surface area contributed by atoms with Crippen molar-refractivity contribution in [3.05, 3.63) is 30.3 Å². The van der Waals surface area contributed by atoms with Crippen LogP contribution in [0.5, 0.6) is 0 Å². The van der Waals surface area contributed by atoms with E-state index < -0.39 is 6.09 Å². The van der Waals surface area contributed by atoms with Gasteiger partial charge in [-0.3, -0.25) is 4.90 Å². The molecule has 0 spiro atoms. The minimum Gasteiger partial charge on any atom is -0.465 e. The van der Waals surface area contributed by atoms with Gasteiger partial charge in [-0.15, -0.1) is 0 Å². The van der Waals surface area contributed by atoms with Gasteiger partial charge in [0.15, 0.2) is 0 Å². The number of rotatable bonds is 3. The van der Waals surface area contributed by atoms with Gasteiger partial charge in [-0.05, 0) is 37.8 Å². The van der Waals surface area contributed by atoms with Crippen molar-refractivity contribution in [3.63, 3.8) is 0 Å². The minimum atomic E-state index is -0.873. The highest BCUT2D eigenvalue weighted by atomic mass is 16.5. The van der Waals surface area contributed by atoms with Crippen LogP contribution in [0.4, 0.5) is 10.5 Å². The Hall–Kier alpha value is -1.55. The first-order valence-corrected chi connectivity index (χ1v) is 6.32. The monoisotopic (exact) mass is 249 g/mol. The molecule has 0 aliphatic heterocycles. The summed E-state index contributed by atoms with van der Waals surface area (Å²) in [7, 11) is 1.72. The maximum Gasteiger partial charge on any atom is 0.412 e. The fourth-order valence-corrected chi connectivity index (χ4v) is 2.61. The van der Waals surface area contributed by atoms with Crippen LogP contribution in [0.25, 0.3) is 0 Å². The maximum atomic E-state index is 11.4. The first-order valence-electron chi connectivity index (χ1n) is 6.32. The number of methoxy groups -OCH3 is 1. The molecule has 1 amide bonds. The number of carbonyl (C=O) groups is 1. The van der Waals surface area contributed by atoms with E-state index in [1.165, 1.54) is 4.90 Å². The Morgan fingerprint density at radius 3 is 2.33 bits per heavy atom. The maximum absolute atomic E-state index is 11.4. The third-order valence-corrected chi connectivity index (χ3v) is 3.58. The molecule has 4 nitrogen and oxygen atoms in total. The van der Waals surface area contributed by atoms with E-state index >= 15 is 0 Å². The first kappa shape index (κ1) is 12.9. The summed E-state index contributed by atoms with van der Waals surface area (Å²) < 4.78 is 5.32. The van der Waals surface area contributed by atoms with Crippen LogP contribution in [0.15, 0.2) is 30.3 Å². The topological polar surface area (TPSA) is 49.8 Å². The molecule has 1 fully saturated rings. The molecular formula is C14H19NO3. The quantitative estimate of drug-likeness (QED) is 0.895. The van der Waals surface area contributed by atoms with Crippen molar-refractivity contribution >= 4 is 11.8 Å². The Balaban J connectivity index is 2.10. The first-order chi connectivity index (χ1) is 8.72. The molecule has 0 aromatic heterocycles. The summed E-state index contributed by atoms with van der Waals surface area (Å²) in [6.45, 7) is 0. The van der Waals surface area contributed by atoms with E-state index in [9.17, 15) is 9.90 Å². The van der Waals surface area contributed by atoms with Crippen molar-refractivity contribution in [1.82, 2.24) is 0 Å². The Morgan fingerprint density at radius 1 is 1.22 bits per heavy atom. The number of amides is 1. The lowest BCUT2D eigenvalue weighted by Crippen LogP contribution is -2.42. The average molecular weight is 249 g/mol. The van der Waals surface area contributed by atoms with Crippen molar-refractivity contribution in [2.45, 2.75) is 37.8 Å². The van der Waals surface area contributed by atoms with Gasteiger partial charge in [0.2, 0.25) is 0 Å². The van der Waals surface area contributed by atoms with Crippen molar-refractivity contribution in [2.75, 3.05) is 12.0 Å². The number of para-hydroxylation sites is 1. The lowest BCUT2D eigenvalue weighted by molar-refractivity contribution is 0.0653. The summed E-state index contributed by atoms with van der Waals surface area (Å²) in [5, 5.41) is 9.40. The van der Waals surface area contributed by atoms with E-state index in [1.54, 1.807) is 7.11 Å². The van der Waals surface area contributed by atoms with Gasteiger partial charge in [0, 0.05) is 18.8 Å². The van der Waals surface area contributed by atoms with Crippen LogP contribution >= 0.6 is 0 Å². The predicted octanol–water partition coefficient (Wildman–Crippen LogP) is 3.13. The Kier molecular flexibility index (Phi) is 4.20. The molecule has 0 heterocycles. The number of benzene rings is 1. The summed E-state index contributed by atoms with van der Waals surface area (Å²) in [4.78, 5) is 12.9. The van der Waals surface area contributed by atoms with Gasteiger partial charge in [-0.2, -0.15) is 0 Å². The molecule has 4 heteroatoms. The van der Waals surface area contributed by atoms with Crippen LogP contribution in [-0.4, -0.2) is 30.5 Å². The van der Waals surface area contributed by atoms with Crippen molar-refractivity contribution in [1.29, 1.82) is 0 Å². The zero-order valence-electron chi connectivity index (χ0n) is 10.6. The Morgan fingerprint density at radius 2 is 1.83 bits per heavy atom. The zero-order valence-corrected chi connectivity index (χ0v) is 10.6. The molecule has 1 saturated carbocycles. The number of ether oxygens (including phenoxy) is 1. The number of anilines is 1. The summed E-state index contributed by atoms with van der Waals surface area (Å²) >= 11 is 0. The van der Waals surface area contributed by atoms with E-state index in [-0.39, 0.29) is 12.1 Å². The van der Waals surface area contributed by atoms with Gasteiger partial charge >= 0.3 is 6.09 Å². The van der Waals surface area contributed by atoms with E-state index in [1.807, 2.05) is 30.3 Å². The highest BCUT2D eigenvalue weighted by Crippen LogP contribution is 2.28. The number of carboxylic acid groups (broad SMARTS) is 1. The molecule has 1 aliphatic rings. The lowest BCUT2D eigenvalue weighted by atomic mass is 9.91. The van der Waals surface area contributed by atoms with Crippen LogP contribution in [0, 0.1) is 0 Å². The summed E-state index contributed by atoms with van der Waals surface area (Å²) in [6.07, 6.45) is 2.99. The van der Waals surface area contributed by atoms with Gasteiger partial charge < -0.3 is 9.84 Å². The summed E-state index contributed by atoms with van der Waals surface area (Å²) in [5.74, 6) is 0. The molecule has 0 unspecified atom stereocenters. The summed E-state index contributed by atoms with van der Waals surface area (Å²) in [5.41, 5.74) is 0.755. The molecule has 2 rings (SSSR count). The molecule has 0 bridgehead atoms. The fourth-order valence-electron chi connectivity index (χ4n) is 2.61. The minimum absolute atomic E-state index is 0.0660. The Labute approximate surface area is 107 Å². The van der Waals surface area contributed by atoms with Crippen LogP contribution < -0.4 is 4.90 Å². The molecule has 0 saturated heterocycles. The van der Waals surface area contributed by atoms with Crippen LogP contribution in [0.3, 0.4) is 0 Å². The van der Waals surface area contributed by atoms with Gasteiger partial charge in [0.1, 0.15) is 0 Å². The van der Waals surface area contributed by atoms with Crippen molar-refractivity contribution in [3.8, 4) is 0 Å². The molecule has 0 atom stereocenters. The highest BCUT2D eigenvalue weighted by molar-refractivity contribution is 5.86. The molecule has 0 radical (unpaired) electrons. The summed E-state index contributed by atoms with van der Waals surface area (Å²) in [6, 6.07) is 9.38. The number of hydrogen-bond donors (Lipinski definition) is 1. The SMILES string of the molecule is COC1CCC(N(C(=O)O)c2ccccc2)CC1. The van der Waals surface area contributed by atoms with Crippen LogP contribution in [0.1, 0.15) is 25.7 Å². The molecule has 1 aromatic rings. The second kappa shape index (κ2) is 5.87. The molecule has 18 heavy (non-hydrogen) atoms. The van der Waals surface area contributed by atoms with Gasteiger partial charge in [0.05, 0.1) is 6.10 Å². The molecule has 98 valence electrons. The van der Waals surface area contributed by atoms with E-state index in [0.29, 0.717) is 0 Å². The third-order valence-electron chi connectivity index (χ3n) is 3.58. The third kappa shape index (κ3) is 2.82. The molecule has 1 aliphatic carbocycles. The van der Waals surface area contributed by atoms with E-state index in [2.05, 4.69) is 0 Å². The molecule has 1 N–H and O–H groups in total. The number of hydrogen-bond acceptors (Lipinski definition) is 2. The molecular weight excluding hydrogens is 230 g/mol. The van der Waals surface area contributed by atoms with Gasteiger partial charge in [0.25, 0.3) is 0 Å². The highest BCUT2D eigenvalue weighted by Gasteiger charge is 2.29. The number of nitrogens with zero attached hydrogens (tertiary/aromatic N) is 1. The van der Waals surface area contributed by atoms with Crippen molar-refractivity contribution in [2.24, 2.45) is 0 Å². The normalized spacial score (nSPS) is 23.6. The fraction of sp³-hybridized carbons (Fsp3) is 0.500. The second-order valence-corrected chi connectivity index (χ2v) is 4.65. The lowest BCUT2D eigenvalue weighted by Gasteiger charge is -2.34. The van der Waals surface area contributed by atoms with Crippen molar-refractivity contribution < 1.29 is 14.6 Å². The zero-order chi connectivity index (χ0) is 13.0. The predicted molar refractivity (Wildman–Crippen MR) is 70.0 cm³/mol. The molecule has 1 aromatic carbocycles.